The third-order valence-electron chi connectivity index (χ3n) is 2.33. The molecule has 1 atom stereocenters. The van der Waals surface area contributed by atoms with Crippen LogP contribution in [0.25, 0.3) is 0 Å². The van der Waals surface area contributed by atoms with E-state index in [0.717, 1.165) is 13.0 Å². The summed E-state index contributed by atoms with van der Waals surface area (Å²) < 4.78 is 0. The first-order valence-electron chi connectivity index (χ1n) is 5.05. The highest BCUT2D eigenvalue weighted by atomic mass is 35.5. The van der Waals surface area contributed by atoms with Crippen LogP contribution in [0.15, 0.2) is 17.5 Å². The second kappa shape index (κ2) is 6.44. The van der Waals surface area contributed by atoms with Crippen molar-refractivity contribution in [1.82, 2.24) is 5.32 Å². The number of thiophene rings is 1. The summed E-state index contributed by atoms with van der Waals surface area (Å²) in [4.78, 5) is 1.44. The van der Waals surface area contributed by atoms with Crippen LogP contribution in [0.4, 0.5) is 0 Å². The summed E-state index contributed by atoms with van der Waals surface area (Å²) in [5.41, 5.74) is 0. The largest absolute Gasteiger partial charge is 0.312 e. The summed E-state index contributed by atoms with van der Waals surface area (Å²) in [6.07, 6.45) is 1.11. The minimum atomic E-state index is 0.441. The van der Waals surface area contributed by atoms with Gasteiger partial charge in [0.15, 0.2) is 0 Å². The molecule has 80 valence electrons. The van der Waals surface area contributed by atoms with Crippen LogP contribution < -0.4 is 5.32 Å². The van der Waals surface area contributed by atoms with E-state index in [0.29, 0.717) is 17.8 Å². The van der Waals surface area contributed by atoms with Gasteiger partial charge in [0, 0.05) is 23.3 Å². The first-order valence-corrected chi connectivity index (χ1v) is 6.47. The molecule has 0 saturated carbocycles. The zero-order valence-electron chi connectivity index (χ0n) is 8.79. The third-order valence-corrected chi connectivity index (χ3v) is 3.60. The smallest absolute Gasteiger partial charge is 0.0379 e. The van der Waals surface area contributed by atoms with Gasteiger partial charge in [0.2, 0.25) is 0 Å². The van der Waals surface area contributed by atoms with Gasteiger partial charge in [-0.25, -0.2) is 0 Å². The van der Waals surface area contributed by atoms with Crippen LogP contribution in [0.3, 0.4) is 0 Å². The Balaban J connectivity index is 2.20. The van der Waals surface area contributed by atoms with Crippen LogP contribution in [0.5, 0.6) is 0 Å². The highest BCUT2D eigenvalue weighted by Crippen LogP contribution is 2.09. The average Bonchev–Trinajstić information content (AvgIpc) is 2.64. The molecule has 1 unspecified atom stereocenters. The van der Waals surface area contributed by atoms with Crippen molar-refractivity contribution in [2.75, 3.05) is 12.4 Å². The lowest BCUT2D eigenvalue weighted by molar-refractivity contribution is 0.434. The van der Waals surface area contributed by atoms with Crippen LogP contribution in [0.2, 0.25) is 0 Å². The Bertz CT molecular complexity index is 233. The van der Waals surface area contributed by atoms with Crippen LogP contribution in [-0.2, 0) is 6.42 Å². The fourth-order valence-corrected chi connectivity index (χ4v) is 2.48. The number of hydrogen-bond donors (Lipinski definition) is 1. The van der Waals surface area contributed by atoms with Crippen LogP contribution in [-0.4, -0.2) is 18.5 Å². The lowest BCUT2D eigenvalue weighted by Crippen LogP contribution is -2.36. The molecular formula is C11H18ClNS. The zero-order valence-corrected chi connectivity index (χ0v) is 10.4. The highest BCUT2D eigenvalue weighted by molar-refractivity contribution is 7.09. The summed E-state index contributed by atoms with van der Waals surface area (Å²) in [5, 5.41) is 5.60. The van der Waals surface area contributed by atoms with E-state index >= 15 is 0 Å². The Morgan fingerprint density at radius 2 is 2.29 bits per heavy atom. The molecule has 1 nitrogen and oxygen atoms in total. The maximum absolute atomic E-state index is 5.86. The molecule has 0 aliphatic heterocycles. The maximum Gasteiger partial charge on any atom is 0.0379 e. The number of halogens is 1. The maximum atomic E-state index is 5.86. The van der Waals surface area contributed by atoms with Crippen LogP contribution in [0.1, 0.15) is 18.7 Å². The van der Waals surface area contributed by atoms with Crippen LogP contribution in [0, 0.1) is 5.92 Å². The summed E-state index contributed by atoms with van der Waals surface area (Å²) >= 11 is 7.68. The number of rotatable bonds is 6. The molecule has 0 aliphatic rings. The Morgan fingerprint density at radius 3 is 2.79 bits per heavy atom. The fraction of sp³-hybridized carbons (Fsp3) is 0.636. The Labute approximate surface area is 95.5 Å². The molecule has 1 aromatic rings. The predicted molar refractivity (Wildman–Crippen MR) is 65.4 cm³/mol. The van der Waals surface area contributed by atoms with Gasteiger partial charge >= 0.3 is 0 Å². The molecule has 0 aromatic carbocycles. The van der Waals surface area contributed by atoms with Gasteiger partial charge in [-0.2, -0.15) is 0 Å². The van der Waals surface area contributed by atoms with Gasteiger partial charge in [-0.05, 0) is 23.8 Å². The second-order valence-corrected chi connectivity index (χ2v) is 5.13. The molecule has 1 aromatic heterocycles. The van der Waals surface area contributed by atoms with E-state index in [4.69, 9.17) is 11.6 Å². The molecular weight excluding hydrogens is 214 g/mol. The van der Waals surface area contributed by atoms with E-state index in [1.807, 2.05) is 11.3 Å². The molecule has 0 fully saturated rings. The summed E-state index contributed by atoms with van der Waals surface area (Å²) in [6, 6.07) is 4.72. The molecule has 0 radical (unpaired) electrons. The molecule has 0 amide bonds. The molecule has 14 heavy (non-hydrogen) atoms. The Hall–Kier alpha value is -0.0500. The van der Waals surface area contributed by atoms with Crippen molar-refractivity contribution in [2.24, 2.45) is 5.92 Å². The Kier molecular flexibility index (Phi) is 5.53. The van der Waals surface area contributed by atoms with Gasteiger partial charge in [-0.1, -0.05) is 19.9 Å². The highest BCUT2D eigenvalue weighted by Gasteiger charge is 2.10. The second-order valence-electron chi connectivity index (χ2n) is 3.79. The van der Waals surface area contributed by atoms with E-state index < -0.39 is 0 Å². The van der Waals surface area contributed by atoms with Gasteiger partial charge < -0.3 is 5.32 Å². The molecule has 1 rings (SSSR count). The van der Waals surface area contributed by atoms with Gasteiger partial charge in [0.1, 0.15) is 0 Å². The standard InChI is InChI=1S/C11H18ClNS/c1-9(2)11(8-12)13-6-5-10-4-3-7-14-10/h3-4,7,9,11,13H,5-6,8H2,1-2H3. The molecule has 0 spiro atoms. The van der Waals surface area contributed by atoms with E-state index in [-0.39, 0.29) is 0 Å². The predicted octanol–water partition coefficient (Wildman–Crippen LogP) is 3.14. The van der Waals surface area contributed by atoms with E-state index in [1.54, 1.807) is 0 Å². The van der Waals surface area contributed by atoms with Gasteiger partial charge in [-0.15, -0.1) is 22.9 Å². The van der Waals surface area contributed by atoms with Crippen molar-refractivity contribution in [3.8, 4) is 0 Å². The van der Waals surface area contributed by atoms with Gasteiger partial charge in [0.05, 0.1) is 0 Å². The summed E-state index contributed by atoms with van der Waals surface area (Å²) in [6.45, 7) is 5.42. The number of alkyl halides is 1. The minimum Gasteiger partial charge on any atom is -0.312 e. The summed E-state index contributed by atoms with van der Waals surface area (Å²) in [5.74, 6) is 1.30. The number of hydrogen-bond acceptors (Lipinski definition) is 2. The fourth-order valence-electron chi connectivity index (χ4n) is 1.30. The minimum absolute atomic E-state index is 0.441. The van der Waals surface area contributed by atoms with Crippen molar-refractivity contribution in [1.29, 1.82) is 0 Å². The first kappa shape index (κ1) is 12.0. The summed E-state index contributed by atoms with van der Waals surface area (Å²) in [7, 11) is 0. The normalized spacial score (nSPS) is 13.4. The quantitative estimate of drug-likeness (QED) is 0.742. The molecule has 1 heterocycles. The van der Waals surface area contributed by atoms with E-state index in [9.17, 15) is 0 Å². The molecule has 0 bridgehead atoms. The van der Waals surface area contributed by atoms with Crippen molar-refractivity contribution in [3.05, 3.63) is 22.4 Å². The Morgan fingerprint density at radius 1 is 1.50 bits per heavy atom. The van der Waals surface area contributed by atoms with Crippen LogP contribution >= 0.6 is 22.9 Å². The first-order chi connectivity index (χ1) is 6.74. The molecule has 1 N–H and O–H groups in total. The molecule has 0 saturated heterocycles. The molecule has 0 aliphatic carbocycles. The van der Waals surface area contributed by atoms with Crippen molar-refractivity contribution < 1.29 is 0 Å². The van der Waals surface area contributed by atoms with Crippen molar-refractivity contribution in [2.45, 2.75) is 26.3 Å². The van der Waals surface area contributed by atoms with E-state index in [2.05, 4.69) is 36.7 Å². The zero-order chi connectivity index (χ0) is 10.4. The SMILES string of the molecule is CC(C)C(CCl)NCCc1cccs1. The van der Waals surface area contributed by atoms with Crippen molar-refractivity contribution >= 4 is 22.9 Å². The topological polar surface area (TPSA) is 12.0 Å². The van der Waals surface area contributed by atoms with Gasteiger partial charge in [0.25, 0.3) is 0 Å². The third kappa shape index (κ3) is 3.99. The average molecular weight is 232 g/mol. The van der Waals surface area contributed by atoms with Gasteiger partial charge in [-0.3, -0.25) is 0 Å². The number of nitrogens with one attached hydrogen (secondary N) is 1. The lowest BCUT2D eigenvalue weighted by Gasteiger charge is -2.19. The lowest BCUT2D eigenvalue weighted by atomic mass is 10.1. The van der Waals surface area contributed by atoms with E-state index in [1.165, 1.54) is 4.88 Å². The van der Waals surface area contributed by atoms with Crippen molar-refractivity contribution in [3.63, 3.8) is 0 Å². The molecule has 3 heteroatoms. The monoisotopic (exact) mass is 231 g/mol.